The third kappa shape index (κ3) is 3.85. The summed E-state index contributed by atoms with van der Waals surface area (Å²) in [5.74, 6) is 1.30. The smallest absolute Gasteiger partial charge is 0.146 e. The molecule has 0 atom stereocenters. The molecule has 0 radical (unpaired) electrons. The van der Waals surface area contributed by atoms with Gasteiger partial charge in [-0.3, -0.25) is 4.79 Å². The summed E-state index contributed by atoms with van der Waals surface area (Å²) >= 11 is 0. The zero-order valence-electron chi connectivity index (χ0n) is 19.8. The van der Waals surface area contributed by atoms with Gasteiger partial charge in [0.1, 0.15) is 29.8 Å². The summed E-state index contributed by atoms with van der Waals surface area (Å²) in [6, 6.07) is 8.11. The number of piperidine rings is 1. The first-order valence-corrected chi connectivity index (χ1v) is 11.8. The second kappa shape index (κ2) is 8.97. The Hall–Kier alpha value is -3.61. The molecule has 1 aromatic carbocycles. The predicted molar refractivity (Wildman–Crippen MR) is 135 cm³/mol. The number of carbonyl (C=O) groups excluding carboxylic acids is 1. The highest BCUT2D eigenvalue weighted by Gasteiger charge is 2.36. The van der Waals surface area contributed by atoms with Gasteiger partial charge in [0.05, 0.1) is 18.2 Å². The Labute approximate surface area is 199 Å². The van der Waals surface area contributed by atoms with Crippen molar-refractivity contribution >= 4 is 28.7 Å². The second-order valence-electron chi connectivity index (χ2n) is 9.42. The molecule has 0 saturated carbocycles. The van der Waals surface area contributed by atoms with Crippen LogP contribution in [0.5, 0.6) is 5.75 Å². The van der Waals surface area contributed by atoms with E-state index < -0.39 is 0 Å². The van der Waals surface area contributed by atoms with E-state index in [2.05, 4.69) is 44.7 Å². The van der Waals surface area contributed by atoms with E-state index in [4.69, 9.17) is 10.5 Å². The number of methoxy groups -OCH3 is 1. The van der Waals surface area contributed by atoms with E-state index in [1.807, 2.05) is 18.3 Å². The van der Waals surface area contributed by atoms with E-state index in [1.165, 1.54) is 11.9 Å². The number of hydrogen-bond acceptors (Lipinski definition) is 6. The molecule has 176 valence electrons. The largest absolute Gasteiger partial charge is 0.497 e. The highest BCUT2D eigenvalue weighted by Crippen LogP contribution is 2.48. The Balaban J connectivity index is 1.53. The van der Waals surface area contributed by atoms with Crippen LogP contribution >= 0.6 is 0 Å². The maximum atomic E-state index is 10.6. The summed E-state index contributed by atoms with van der Waals surface area (Å²) in [5, 5.41) is 0.893. The molecular weight excluding hydrogens is 426 g/mol. The van der Waals surface area contributed by atoms with Gasteiger partial charge in [-0.15, -0.1) is 0 Å². The predicted octanol–water partition coefficient (Wildman–Crippen LogP) is 4.59. The van der Waals surface area contributed by atoms with Crippen LogP contribution in [0.25, 0.3) is 27.7 Å². The number of allylic oxidation sites excluding steroid dienone is 3. The highest BCUT2D eigenvalue weighted by molar-refractivity contribution is 6.06. The van der Waals surface area contributed by atoms with Crippen LogP contribution in [0.15, 0.2) is 48.9 Å². The minimum atomic E-state index is 0.342. The molecule has 1 aliphatic heterocycles. The maximum absolute atomic E-state index is 10.6. The Kier molecular flexibility index (Phi) is 5.86. The van der Waals surface area contributed by atoms with Crippen LogP contribution in [0.4, 0.5) is 5.82 Å². The lowest BCUT2D eigenvalue weighted by Crippen LogP contribution is -2.38. The van der Waals surface area contributed by atoms with Crippen molar-refractivity contribution in [3.63, 3.8) is 0 Å². The van der Waals surface area contributed by atoms with Crippen molar-refractivity contribution in [3.05, 3.63) is 54.6 Å². The number of benzene rings is 1. The average Bonchev–Trinajstić information content (AvgIpc) is 3.18. The first-order valence-electron chi connectivity index (χ1n) is 11.8. The van der Waals surface area contributed by atoms with E-state index in [0.29, 0.717) is 11.2 Å². The number of rotatable bonds is 5. The van der Waals surface area contributed by atoms with Crippen molar-refractivity contribution in [2.75, 3.05) is 25.9 Å². The topological polar surface area (TPSA) is 86.3 Å². The van der Waals surface area contributed by atoms with Gasteiger partial charge in [-0.25, -0.2) is 9.97 Å². The monoisotopic (exact) mass is 457 g/mol. The zero-order chi connectivity index (χ0) is 23.7. The Bertz CT molecular complexity index is 1280. The molecule has 7 nitrogen and oxygen atoms in total. The van der Waals surface area contributed by atoms with E-state index in [-0.39, 0.29) is 0 Å². The summed E-state index contributed by atoms with van der Waals surface area (Å²) in [4.78, 5) is 21.8. The number of aldehydes is 1. The van der Waals surface area contributed by atoms with Crippen molar-refractivity contribution in [2.24, 2.45) is 12.5 Å². The Morgan fingerprint density at radius 3 is 2.71 bits per heavy atom. The van der Waals surface area contributed by atoms with Crippen molar-refractivity contribution in [3.8, 4) is 16.9 Å². The molecule has 2 aromatic heterocycles. The lowest BCUT2D eigenvalue weighted by atomic mass is 9.68. The van der Waals surface area contributed by atoms with Gasteiger partial charge >= 0.3 is 0 Å². The molecule has 0 amide bonds. The molecule has 3 aromatic rings. The number of ether oxygens (including phenoxy) is 1. The number of likely N-dealkylation sites (tertiary alicyclic amines) is 1. The standard InChI is InChI=1S/C27H31N5O2/c1-31-24(19-7-9-27(10-8-19)11-14-32(15-12-27)13-4-16-33)22(20-5-3-6-21(17-20)34-2)23-25(28)29-18-30-26(23)31/h3-7,13,16-18H,8-12,14-15H2,1-2H3,(H2,28,29,30). The number of nitrogens with two attached hydrogens (primary N) is 1. The lowest BCUT2D eigenvalue weighted by molar-refractivity contribution is -0.104. The zero-order valence-corrected chi connectivity index (χ0v) is 19.8. The van der Waals surface area contributed by atoms with Crippen LogP contribution in [0.2, 0.25) is 0 Å². The first kappa shape index (κ1) is 22.2. The van der Waals surface area contributed by atoms with Gasteiger partial charge in [-0.2, -0.15) is 0 Å². The molecule has 2 aliphatic rings. The summed E-state index contributed by atoms with van der Waals surface area (Å²) in [6.45, 7) is 2.01. The van der Waals surface area contributed by atoms with E-state index in [0.717, 1.165) is 85.1 Å². The molecule has 7 heteroatoms. The molecule has 2 N–H and O–H groups in total. The van der Waals surface area contributed by atoms with E-state index in [1.54, 1.807) is 13.2 Å². The van der Waals surface area contributed by atoms with Gasteiger partial charge in [0.15, 0.2) is 0 Å². The number of aromatic nitrogens is 3. The van der Waals surface area contributed by atoms with Crippen LogP contribution in [0.3, 0.4) is 0 Å². The number of aryl methyl sites for hydroxylation is 1. The molecule has 3 heterocycles. The molecular formula is C27H31N5O2. The van der Waals surface area contributed by atoms with Crippen LogP contribution < -0.4 is 10.5 Å². The summed E-state index contributed by atoms with van der Waals surface area (Å²) in [5.41, 5.74) is 12.2. The number of nitrogen functional groups attached to an aromatic ring is 1. The molecule has 0 unspecified atom stereocenters. The van der Waals surface area contributed by atoms with Crippen molar-refractivity contribution in [1.29, 1.82) is 0 Å². The van der Waals surface area contributed by atoms with Crippen molar-refractivity contribution in [2.45, 2.75) is 32.1 Å². The molecule has 34 heavy (non-hydrogen) atoms. The van der Waals surface area contributed by atoms with Crippen LogP contribution in [-0.2, 0) is 11.8 Å². The first-order chi connectivity index (χ1) is 16.5. The van der Waals surface area contributed by atoms with Gasteiger partial charge < -0.3 is 19.9 Å². The van der Waals surface area contributed by atoms with Gasteiger partial charge in [-0.05, 0) is 66.9 Å². The maximum Gasteiger partial charge on any atom is 0.146 e. The van der Waals surface area contributed by atoms with E-state index in [9.17, 15) is 4.79 Å². The fourth-order valence-electron chi connectivity index (χ4n) is 5.63. The molecule has 0 bridgehead atoms. The molecule has 1 fully saturated rings. The quantitative estimate of drug-likeness (QED) is 0.446. The number of hydrogen-bond donors (Lipinski definition) is 1. The van der Waals surface area contributed by atoms with Gasteiger partial charge in [-0.1, -0.05) is 18.2 Å². The lowest BCUT2D eigenvalue weighted by Gasteiger charge is -2.43. The van der Waals surface area contributed by atoms with Crippen molar-refractivity contribution < 1.29 is 9.53 Å². The number of anilines is 1. The number of carbonyl (C=O) groups is 1. The SMILES string of the molecule is COc1cccc(-c2c(C3=CCC4(CC3)CCN(C=CC=O)CC4)n(C)c3ncnc(N)c23)c1. The minimum absolute atomic E-state index is 0.342. The van der Waals surface area contributed by atoms with Crippen molar-refractivity contribution in [1.82, 2.24) is 19.4 Å². The summed E-state index contributed by atoms with van der Waals surface area (Å²) in [6.07, 6.45) is 13.9. The third-order valence-electron chi connectivity index (χ3n) is 7.60. The Morgan fingerprint density at radius 2 is 2.00 bits per heavy atom. The molecule has 1 aliphatic carbocycles. The number of fused-ring (bicyclic) bond motifs is 1. The van der Waals surface area contributed by atoms with Gasteiger partial charge in [0.25, 0.3) is 0 Å². The van der Waals surface area contributed by atoms with Crippen LogP contribution in [-0.4, -0.2) is 45.9 Å². The molecule has 1 saturated heterocycles. The summed E-state index contributed by atoms with van der Waals surface area (Å²) < 4.78 is 7.67. The normalized spacial score (nSPS) is 17.9. The molecule has 1 spiro atoms. The van der Waals surface area contributed by atoms with Gasteiger partial charge in [0, 0.05) is 31.9 Å². The third-order valence-corrected chi connectivity index (χ3v) is 7.60. The fraction of sp³-hybridized carbons (Fsp3) is 0.370. The average molecular weight is 458 g/mol. The minimum Gasteiger partial charge on any atom is -0.497 e. The van der Waals surface area contributed by atoms with Crippen LogP contribution in [0, 0.1) is 5.41 Å². The second-order valence-corrected chi connectivity index (χ2v) is 9.42. The Morgan fingerprint density at radius 1 is 1.18 bits per heavy atom. The van der Waals surface area contributed by atoms with Crippen LogP contribution in [0.1, 0.15) is 37.8 Å². The fourth-order valence-corrected chi connectivity index (χ4v) is 5.63. The number of nitrogens with zero attached hydrogens (tertiary/aromatic N) is 4. The van der Waals surface area contributed by atoms with E-state index >= 15 is 0 Å². The summed E-state index contributed by atoms with van der Waals surface area (Å²) in [7, 11) is 3.75. The van der Waals surface area contributed by atoms with Gasteiger partial charge in [0.2, 0.25) is 0 Å². The highest BCUT2D eigenvalue weighted by atomic mass is 16.5. The molecule has 5 rings (SSSR count).